The number of imidazole rings is 1. The van der Waals surface area contributed by atoms with Gasteiger partial charge in [-0.1, -0.05) is 0 Å². The molecule has 0 saturated carbocycles. The molecule has 1 aliphatic rings. The quantitative estimate of drug-likeness (QED) is 0.561. The molecule has 1 amide bonds. The van der Waals surface area contributed by atoms with E-state index in [0.717, 1.165) is 0 Å². The molecule has 0 bridgehead atoms. The van der Waals surface area contributed by atoms with Crippen LogP contribution in [0.4, 0.5) is 4.39 Å². The first-order valence-electron chi connectivity index (χ1n) is 9.13. The zero-order chi connectivity index (χ0) is 21.0. The number of benzene rings is 1. The SMILES string of the molecule is Cc1cc(-c2cn(CCO)cn2)cc(C(=O)NNS(=O)(=O)C2CCOCC2)c1F. The van der Waals surface area contributed by atoms with Gasteiger partial charge in [0.15, 0.2) is 0 Å². The van der Waals surface area contributed by atoms with E-state index in [9.17, 15) is 17.6 Å². The predicted molar refractivity (Wildman–Crippen MR) is 103 cm³/mol. The molecule has 2 heterocycles. The standard InChI is InChI=1S/C18H23FN4O5S/c1-12-8-13(16-10-23(4-5-24)11-20-16)9-15(17(12)19)18(25)21-22-29(26,27)14-2-6-28-7-3-14/h8-11,14,22,24H,2-7H2,1H3,(H,21,25). The summed E-state index contributed by atoms with van der Waals surface area (Å²) in [5.74, 6) is -1.65. The first kappa shape index (κ1) is 21.4. The van der Waals surface area contributed by atoms with E-state index in [2.05, 4.69) is 15.2 Å². The fraction of sp³-hybridized carbons (Fsp3) is 0.444. The van der Waals surface area contributed by atoms with Crippen LogP contribution in [-0.2, 0) is 21.3 Å². The highest BCUT2D eigenvalue weighted by Crippen LogP contribution is 2.24. The number of sulfonamides is 1. The molecule has 1 aliphatic heterocycles. The van der Waals surface area contributed by atoms with Gasteiger partial charge in [-0.25, -0.2) is 17.8 Å². The van der Waals surface area contributed by atoms with Crippen LogP contribution in [0.2, 0.25) is 0 Å². The van der Waals surface area contributed by atoms with E-state index < -0.39 is 27.0 Å². The minimum atomic E-state index is -3.80. The summed E-state index contributed by atoms with van der Waals surface area (Å²) in [5.41, 5.74) is 3.01. The van der Waals surface area contributed by atoms with Crippen LogP contribution in [0.25, 0.3) is 11.3 Å². The van der Waals surface area contributed by atoms with Crippen LogP contribution in [0.1, 0.15) is 28.8 Å². The van der Waals surface area contributed by atoms with Gasteiger partial charge in [-0.2, -0.15) is 0 Å². The van der Waals surface area contributed by atoms with Crippen LogP contribution in [-0.4, -0.2) is 54.1 Å². The van der Waals surface area contributed by atoms with Gasteiger partial charge in [-0.3, -0.25) is 10.2 Å². The highest BCUT2D eigenvalue weighted by molar-refractivity contribution is 7.90. The van der Waals surface area contributed by atoms with Gasteiger partial charge in [0.05, 0.1) is 29.4 Å². The van der Waals surface area contributed by atoms with E-state index in [1.165, 1.54) is 19.3 Å². The van der Waals surface area contributed by atoms with Crippen molar-refractivity contribution in [1.82, 2.24) is 19.8 Å². The molecule has 1 fully saturated rings. The van der Waals surface area contributed by atoms with E-state index >= 15 is 0 Å². The Kier molecular flexibility index (Phi) is 6.63. The van der Waals surface area contributed by atoms with Gasteiger partial charge in [0, 0.05) is 31.5 Å². The number of carbonyl (C=O) groups excluding carboxylic acids is 1. The molecule has 1 aromatic carbocycles. The van der Waals surface area contributed by atoms with Crippen molar-refractivity contribution in [2.75, 3.05) is 19.8 Å². The predicted octanol–water partition coefficient (Wildman–Crippen LogP) is 0.733. The Balaban J connectivity index is 1.78. The summed E-state index contributed by atoms with van der Waals surface area (Å²) < 4.78 is 46.0. The van der Waals surface area contributed by atoms with Crippen LogP contribution in [0, 0.1) is 12.7 Å². The van der Waals surface area contributed by atoms with Crippen molar-refractivity contribution in [3.8, 4) is 11.3 Å². The first-order valence-corrected chi connectivity index (χ1v) is 10.7. The molecule has 1 saturated heterocycles. The monoisotopic (exact) mass is 426 g/mol. The van der Waals surface area contributed by atoms with Gasteiger partial charge < -0.3 is 14.4 Å². The smallest absolute Gasteiger partial charge is 0.269 e. The molecular formula is C18H23FN4O5S. The van der Waals surface area contributed by atoms with E-state index in [0.29, 0.717) is 43.9 Å². The van der Waals surface area contributed by atoms with Crippen LogP contribution in [0.3, 0.4) is 0 Å². The fourth-order valence-electron chi connectivity index (χ4n) is 3.08. The fourth-order valence-corrected chi connectivity index (χ4v) is 4.30. The first-order chi connectivity index (χ1) is 13.8. The van der Waals surface area contributed by atoms with Gasteiger partial charge >= 0.3 is 0 Å². The topological polar surface area (TPSA) is 123 Å². The largest absolute Gasteiger partial charge is 0.395 e. The average Bonchev–Trinajstić information content (AvgIpc) is 3.18. The molecule has 2 aromatic rings. The number of hydrogen-bond donors (Lipinski definition) is 3. The van der Waals surface area contributed by atoms with Gasteiger partial charge in [0.1, 0.15) is 5.82 Å². The molecule has 0 aliphatic carbocycles. The van der Waals surface area contributed by atoms with Crippen molar-refractivity contribution in [3.05, 3.63) is 41.6 Å². The molecule has 0 spiro atoms. The van der Waals surface area contributed by atoms with E-state index in [4.69, 9.17) is 9.84 Å². The minimum absolute atomic E-state index is 0.0564. The highest BCUT2D eigenvalue weighted by atomic mass is 32.2. The Morgan fingerprint density at radius 2 is 2.10 bits per heavy atom. The lowest BCUT2D eigenvalue weighted by Gasteiger charge is -2.22. The molecule has 3 N–H and O–H groups in total. The number of aliphatic hydroxyl groups excluding tert-OH is 1. The summed E-state index contributed by atoms with van der Waals surface area (Å²) in [6.45, 7) is 2.47. The van der Waals surface area contributed by atoms with E-state index in [-0.39, 0.29) is 17.7 Å². The molecule has 0 unspecified atom stereocenters. The molecule has 11 heteroatoms. The molecule has 1 aromatic heterocycles. The minimum Gasteiger partial charge on any atom is -0.395 e. The average molecular weight is 426 g/mol. The lowest BCUT2D eigenvalue weighted by Crippen LogP contribution is -2.47. The second-order valence-electron chi connectivity index (χ2n) is 6.79. The molecule has 3 rings (SSSR count). The number of ether oxygens (including phenoxy) is 1. The van der Waals surface area contributed by atoms with Crippen LogP contribution in [0.15, 0.2) is 24.7 Å². The number of hydrazine groups is 1. The number of nitrogens with zero attached hydrogens (tertiary/aromatic N) is 2. The lowest BCUT2D eigenvalue weighted by molar-refractivity contribution is 0.0934. The number of amides is 1. The van der Waals surface area contributed by atoms with Crippen molar-refractivity contribution >= 4 is 15.9 Å². The van der Waals surface area contributed by atoms with Crippen LogP contribution >= 0.6 is 0 Å². The summed E-state index contributed by atoms with van der Waals surface area (Å²) in [7, 11) is -3.80. The molecule has 9 nitrogen and oxygen atoms in total. The summed E-state index contributed by atoms with van der Waals surface area (Å²) in [6.07, 6.45) is 3.83. The van der Waals surface area contributed by atoms with Crippen molar-refractivity contribution in [2.24, 2.45) is 0 Å². The lowest BCUT2D eigenvalue weighted by atomic mass is 10.0. The van der Waals surface area contributed by atoms with Crippen molar-refractivity contribution < 1.29 is 27.4 Å². The van der Waals surface area contributed by atoms with Gasteiger partial charge in [0.25, 0.3) is 5.91 Å². The number of halogens is 1. The number of rotatable bonds is 7. The molecule has 0 radical (unpaired) electrons. The number of aliphatic hydroxyl groups is 1. The Bertz CT molecular complexity index is 986. The number of hydrogen-bond acceptors (Lipinski definition) is 6. The van der Waals surface area contributed by atoms with Gasteiger partial charge in [-0.05, 0) is 37.5 Å². The van der Waals surface area contributed by atoms with Crippen molar-refractivity contribution in [1.29, 1.82) is 0 Å². The Hall–Kier alpha value is -2.34. The van der Waals surface area contributed by atoms with Crippen LogP contribution in [0.5, 0.6) is 0 Å². The second-order valence-corrected chi connectivity index (χ2v) is 8.75. The number of carbonyl (C=O) groups is 1. The summed E-state index contributed by atoms with van der Waals surface area (Å²) in [5, 5.41) is 8.33. The van der Waals surface area contributed by atoms with Gasteiger partial charge in [0.2, 0.25) is 10.0 Å². The zero-order valence-corrected chi connectivity index (χ0v) is 16.7. The Labute approximate surface area is 167 Å². The maximum Gasteiger partial charge on any atom is 0.269 e. The molecule has 158 valence electrons. The molecular weight excluding hydrogens is 403 g/mol. The number of nitrogens with one attached hydrogen (secondary N) is 2. The van der Waals surface area contributed by atoms with Crippen molar-refractivity contribution in [3.63, 3.8) is 0 Å². The summed E-state index contributed by atoms with van der Waals surface area (Å²) in [4.78, 5) is 18.7. The number of aromatic nitrogens is 2. The van der Waals surface area contributed by atoms with E-state index in [1.807, 2.05) is 0 Å². The third-order valence-electron chi connectivity index (χ3n) is 4.70. The van der Waals surface area contributed by atoms with Gasteiger partial charge in [-0.15, -0.1) is 4.83 Å². The number of aryl methyl sites for hydroxylation is 1. The normalized spacial score (nSPS) is 15.4. The third kappa shape index (κ3) is 4.99. The summed E-state index contributed by atoms with van der Waals surface area (Å²) >= 11 is 0. The zero-order valence-electron chi connectivity index (χ0n) is 15.9. The summed E-state index contributed by atoms with van der Waals surface area (Å²) in [6, 6.07) is 2.86. The van der Waals surface area contributed by atoms with E-state index in [1.54, 1.807) is 16.8 Å². The Morgan fingerprint density at radius 1 is 1.38 bits per heavy atom. The second kappa shape index (κ2) is 8.99. The maximum atomic E-state index is 14.5. The highest BCUT2D eigenvalue weighted by Gasteiger charge is 2.28. The third-order valence-corrected chi connectivity index (χ3v) is 6.44. The maximum absolute atomic E-state index is 14.5. The molecule has 29 heavy (non-hydrogen) atoms. The Morgan fingerprint density at radius 3 is 2.79 bits per heavy atom. The van der Waals surface area contributed by atoms with Crippen LogP contribution < -0.4 is 10.3 Å². The molecule has 0 atom stereocenters. The van der Waals surface area contributed by atoms with Crippen molar-refractivity contribution in [2.45, 2.75) is 31.6 Å².